The van der Waals surface area contributed by atoms with Crippen LogP contribution in [0, 0.1) is 5.82 Å². The highest BCUT2D eigenvalue weighted by Gasteiger charge is 2.15. The highest BCUT2D eigenvalue weighted by Crippen LogP contribution is 2.19. The number of likely N-dealkylation sites (N-methyl/N-ethyl adjacent to an activating group) is 1. The van der Waals surface area contributed by atoms with Gasteiger partial charge in [-0.1, -0.05) is 18.2 Å². The fourth-order valence-corrected chi connectivity index (χ4v) is 1.94. The molecule has 1 unspecified atom stereocenters. The summed E-state index contributed by atoms with van der Waals surface area (Å²) >= 11 is 0. The summed E-state index contributed by atoms with van der Waals surface area (Å²) in [4.78, 5) is 4.08. The first kappa shape index (κ1) is 11.8. The van der Waals surface area contributed by atoms with Gasteiger partial charge < -0.3 is 9.88 Å². The number of rotatable bonds is 4. The number of aryl methyl sites for hydroxylation is 1. The Hall–Kier alpha value is -1.68. The van der Waals surface area contributed by atoms with E-state index >= 15 is 0 Å². The number of nitrogens with zero attached hydrogens (tertiary/aromatic N) is 2. The van der Waals surface area contributed by atoms with E-state index < -0.39 is 0 Å². The van der Waals surface area contributed by atoms with Gasteiger partial charge >= 0.3 is 0 Å². The Labute approximate surface area is 100 Å². The normalized spacial score (nSPS) is 12.6. The Morgan fingerprint density at radius 2 is 2.18 bits per heavy atom. The van der Waals surface area contributed by atoms with E-state index in [1.807, 2.05) is 37.0 Å². The minimum Gasteiger partial charge on any atom is -0.336 e. The molecule has 0 fully saturated rings. The number of hydrogen-bond donors (Lipinski definition) is 1. The SMILES string of the molecule is CNC(Cc1ccccc1F)c1cncn1C. The standard InChI is InChI=1S/C13H16FN3/c1-15-12(13-8-16-9-17(13)2)7-10-5-3-4-6-11(10)14/h3-6,8-9,12,15H,7H2,1-2H3. The Morgan fingerprint density at radius 3 is 2.76 bits per heavy atom. The zero-order valence-corrected chi connectivity index (χ0v) is 10.0. The topological polar surface area (TPSA) is 29.9 Å². The fraction of sp³-hybridized carbons (Fsp3) is 0.308. The number of aromatic nitrogens is 2. The summed E-state index contributed by atoms with van der Waals surface area (Å²) in [5, 5.41) is 3.19. The molecule has 90 valence electrons. The number of nitrogens with one attached hydrogen (secondary N) is 1. The largest absolute Gasteiger partial charge is 0.336 e. The molecule has 0 aliphatic heterocycles. The molecule has 4 heteroatoms. The van der Waals surface area contributed by atoms with E-state index in [0.717, 1.165) is 5.69 Å². The lowest BCUT2D eigenvalue weighted by atomic mass is 10.0. The zero-order chi connectivity index (χ0) is 12.3. The molecule has 1 atom stereocenters. The second-order valence-electron chi connectivity index (χ2n) is 4.07. The predicted molar refractivity (Wildman–Crippen MR) is 65.1 cm³/mol. The molecule has 1 N–H and O–H groups in total. The van der Waals surface area contributed by atoms with Gasteiger partial charge in [0.1, 0.15) is 5.82 Å². The second kappa shape index (κ2) is 5.10. The van der Waals surface area contributed by atoms with Gasteiger partial charge in [-0.25, -0.2) is 9.37 Å². The number of benzene rings is 1. The first-order chi connectivity index (χ1) is 8.22. The molecule has 1 heterocycles. The summed E-state index contributed by atoms with van der Waals surface area (Å²) in [7, 11) is 3.81. The van der Waals surface area contributed by atoms with Crippen molar-refractivity contribution >= 4 is 0 Å². The number of imidazole rings is 1. The van der Waals surface area contributed by atoms with Gasteiger partial charge in [0.15, 0.2) is 0 Å². The summed E-state index contributed by atoms with van der Waals surface area (Å²) in [6.45, 7) is 0. The number of hydrogen-bond acceptors (Lipinski definition) is 2. The lowest BCUT2D eigenvalue weighted by molar-refractivity contribution is 0.531. The van der Waals surface area contributed by atoms with Crippen molar-refractivity contribution in [1.82, 2.24) is 14.9 Å². The molecule has 1 aromatic heterocycles. The van der Waals surface area contributed by atoms with Crippen LogP contribution in [0.2, 0.25) is 0 Å². The van der Waals surface area contributed by atoms with Crippen LogP contribution in [-0.2, 0) is 13.5 Å². The average Bonchev–Trinajstić information content (AvgIpc) is 2.75. The third-order valence-electron chi connectivity index (χ3n) is 2.94. The Morgan fingerprint density at radius 1 is 1.41 bits per heavy atom. The van der Waals surface area contributed by atoms with Crippen molar-refractivity contribution in [2.75, 3.05) is 7.05 Å². The van der Waals surface area contributed by atoms with E-state index in [4.69, 9.17) is 0 Å². The average molecular weight is 233 g/mol. The van der Waals surface area contributed by atoms with Gasteiger partial charge in [-0.2, -0.15) is 0 Å². The highest BCUT2D eigenvalue weighted by atomic mass is 19.1. The van der Waals surface area contributed by atoms with Gasteiger partial charge in [0.05, 0.1) is 18.1 Å². The van der Waals surface area contributed by atoms with Gasteiger partial charge in [-0.3, -0.25) is 0 Å². The third-order valence-corrected chi connectivity index (χ3v) is 2.94. The third kappa shape index (κ3) is 2.53. The van der Waals surface area contributed by atoms with Crippen LogP contribution in [0.1, 0.15) is 17.3 Å². The summed E-state index contributed by atoms with van der Waals surface area (Å²) in [5.41, 5.74) is 1.77. The molecule has 1 aromatic carbocycles. The van der Waals surface area contributed by atoms with Crippen molar-refractivity contribution in [3.8, 4) is 0 Å². The number of halogens is 1. The van der Waals surface area contributed by atoms with Crippen LogP contribution < -0.4 is 5.32 Å². The maximum Gasteiger partial charge on any atom is 0.126 e. The van der Waals surface area contributed by atoms with Crippen molar-refractivity contribution in [3.63, 3.8) is 0 Å². The van der Waals surface area contributed by atoms with Crippen LogP contribution in [-0.4, -0.2) is 16.6 Å². The Balaban J connectivity index is 2.22. The first-order valence-electron chi connectivity index (χ1n) is 5.59. The lowest BCUT2D eigenvalue weighted by Gasteiger charge is -2.17. The molecule has 0 radical (unpaired) electrons. The zero-order valence-electron chi connectivity index (χ0n) is 10.0. The van der Waals surface area contributed by atoms with Crippen LogP contribution in [0.5, 0.6) is 0 Å². The molecule has 0 saturated heterocycles. The molecule has 17 heavy (non-hydrogen) atoms. The first-order valence-corrected chi connectivity index (χ1v) is 5.59. The molecule has 0 bridgehead atoms. The van der Waals surface area contributed by atoms with Crippen molar-refractivity contribution in [2.24, 2.45) is 7.05 Å². The van der Waals surface area contributed by atoms with Crippen LogP contribution in [0.4, 0.5) is 4.39 Å². The van der Waals surface area contributed by atoms with E-state index in [2.05, 4.69) is 10.3 Å². The monoisotopic (exact) mass is 233 g/mol. The van der Waals surface area contributed by atoms with E-state index in [1.165, 1.54) is 6.07 Å². The van der Waals surface area contributed by atoms with Crippen LogP contribution >= 0.6 is 0 Å². The van der Waals surface area contributed by atoms with Gasteiger partial charge in [0, 0.05) is 13.2 Å². The van der Waals surface area contributed by atoms with Gasteiger partial charge in [-0.15, -0.1) is 0 Å². The van der Waals surface area contributed by atoms with Gasteiger partial charge in [0.2, 0.25) is 0 Å². The minimum atomic E-state index is -0.157. The molecule has 2 rings (SSSR count). The van der Waals surface area contributed by atoms with Crippen molar-refractivity contribution < 1.29 is 4.39 Å². The Kier molecular flexibility index (Phi) is 3.54. The molecule has 3 nitrogen and oxygen atoms in total. The maximum absolute atomic E-state index is 13.6. The Bertz CT molecular complexity index is 493. The molecule has 0 amide bonds. The van der Waals surface area contributed by atoms with E-state index in [-0.39, 0.29) is 11.9 Å². The second-order valence-corrected chi connectivity index (χ2v) is 4.07. The van der Waals surface area contributed by atoms with Crippen LogP contribution in [0.3, 0.4) is 0 Å². The fourth-order valence-electron chi connectivity index (χ4n) is 1.94. The summed E-state index contributed by atoms with van der Waals surface area (Å²) in [5.74, 6) is -0.157. The summed E-state index contributed by atoms with van der Waals surface area (Å²) in [6, 6.07) is 6.94. The van der Waals surface area contributed by atoms with Crippen LogP contribution in [0.15, 0.2) is 36.8 Å². The molecular weight excluding hydrogens is 217 g/mol. The smallest absolute Gasteiger partial charge is 0.126 e. The van der Waals surface area contributed by atoms with Gasteiger partial charge in [0.25, 0.3) is 0 Å². The van der Waals surface area contributed by atoms with Crippen molar-refractivity contribution in [3.05, 3.63) is 53.9 Å². The summed E-state index contributed by atoms with van der Waals surface area (Å²) in [6.07, 6.45) is 4.17. The van der Waals surface area contributed by atoms with E-state index in [0.29, 0.717) is 12.0 Å². The molecule has 0 aliphatic carbocycles. The maximum atomic E-state index is 13.6. The summed E-state index contributed by atoms with van der Waals surface area (Å²) < 4.78 is 15.5. The minimum absolute atomic E-state index is 0.0689. The highest BCUT2D eigenvalue weighted by molar-refractivity contribution is 5.20. The molecule has 0 aliphatic rings. The predicted octanol–water partition coefficient (Wildman–Crippen LogP) is 2.06. The van der Waals surface area contributed by atoms with Gasteiger partial charge in [-0.05, 0) is 25.1 Å². The quantitative estimate of drug-likeness (QED) is 0.876. The molecular formula is C13H16FN3. The lowest BCUT2D eigenvalue weighted by Crippen LogP contribution is -2.21. The van der Waals surface area contributed by atoms with E-state index in [9.17, 15) is 4.39 Å². The molecule has 0 saturated carbocycles. The van der Waals surface area contributed by atoms with Crippen molar-refractivity contribution in [1.29, 1.82) is 0 Å². The van der Waals surface area contributed by atoms with Crippen LogP contribution in [0.25, 0.3) is 0 Å². The van der Waals surface area contributed by atoms with Crippen molar-refractivity contribution in [2.45, 2.75) is 12.5 Å². The van der Waals surface area contributed by atoms with E-state index in [1.54, 1.807) is 12.4 Å². The molecule has 2 aromatic rings. The molecule has 0 spiro atoms.